The predicted octanol–water partition coefficient (Wildman–Crippen LogP) is 2.42. The number of ether oxygens (including phenoxy) is 2. The van der Waals surface area contributed by atoms with E-state index in [2.05, 4.69) is 6.58 Å². The first-order chi connectivity index (χ1) is 9.67. The van der Waals surface area contributed by atoms with Crippen LogP contribution in [0.15, 0.2) is 36.9 Å². The lowest BCUT2D eigenvalue weighted by atomic mass is 10.2. The summed E-state index contributed by atoms with van der Waals surface area (Å²) >= 11 is 0. The van der Waals surface area contributed by atoms with Gasteiger partial charge in [0.2, 0.25) is 0 Å². The molecule has 1 rings (SSSR count). The highest BCUT2D eigenvalue weighted by Gasteiger charge is 2.10. The molecule has 0 N–H and O–H groups in total. The zero-order chi connectivity index (χ0) is 14.8. The summed E-state index contributed by atoms with van der Waals surface area (Å²) in [5, 5.41) is 0. The first-order valence-corrected chi connectivity index (χ1v) is 6.84. The lowest BCUT2D eigenvalue weighted by Crippen LogP contribution is -2.34. The Morgan fingerprint density at radius 1 is 1.40 bits per heavy atom. The van der Waals surface area contributed by atoms with Crippen LogP contribution < -0.4 is 4.74 Å². The minimum absolute atomic E-state index is 0.217. The zero-order valence-electron chi connectivity index (χ0n) is 12.3. The van der Waals surface area contributed by atoms with E-state index in [-0.39, 0.29) is 12.5 Å². The molecule has 0 radical (unpaired) electrons. The molecule has 110 valence electrons. The summed E-state index contributed by atoms with van der Waals surface area (Å²) in [7, 11) is 0. The maximum absolute atomic E-state index is 11.5. The summed E-state index contributed by atoms with van der Waals surface area (Å²) in [5.41, 5.74) is 1.10. The van der Waals surface area contributed by atoms with Gasteiger partial charge in [-0.15, -0.1) is 6.58 Å². The minimum atomic E-state index is -0.217. The highest BCUT2D eigenvalue weighted by Crippen LogP contribution is 2.15. The Hall–Kier alpha value is -1.81. The van der Waals surface area contributed by atoms with E-state index in [0.717, 1.165) is 11.3 Å². The number of carbonyl (C=O) groups is 1. The smallest absolute Gasteiger partial charge is 0.320 e. The van der Waals surface area contributed by atoms with Crippen LogP contribution in [-0.4, -0.2) is 43.7 Å². The highest BCUT2D eigenvalue weighted by atomic mass is 16.5. The number of benzene rings is 1. The molecule has 20 heavy (non-hydrogen) atoms. The van der Waals surface area contributed by atoms with Crippen LogP contribution in [0.1, 0.15) is 12.5 Å². The van der Waals surface area contributed by atoms with Gasteiger partial charge in [0.15, 0.2) is 0 Å². The van der Waals surface area contributed by atoms with E-state index in [4.69, 9.17) is 9.47 Å². The summed E-state index contributed by atoms with van der Waals surface area (Å²) in [5.74, 6) is 0.660. The van der Waals surface area contributed by atoms with Crippen molar-refractivity contribution in [3.63, 3.8) is 0 Å². The number of para-hydroxylation sites is 1. The standard InChI is InChI=1S/C16H23NO3/c1-4-10-17(13-16(18)19-5-2)11-12-20-15-9-7-6-8-14(15)3/h4,6-9H,1,5,10-13H2,2-3H3. The monoisotopic (exact) mass is 277 g/mol. The largest absolute Gasteiger partial charge is 0.492 e. The van der Waals surface area contributed by atoms with E-state index in [0.29, 0.717) is 26.3 Å². The van der Waals surface area contributed by atoms with Gasteiger partial charge in [0, 0.05) is 13.1 Å². The van der Waals surface area contributed by atoms with Gasteiger partial charge in [-0.3, -0.25) is 9.69 Å². The van der Waals surface area contributed by atoms with E-state index >= 15 is 0 Å². The summed E-state index contributed by atoms with van der Waals surface area (Å²) in [6, 6.07) is 7.88. The van der Waals surface area contributed by atoms with Crippen LogP contribution in [0.3, 0.4) is 0 Å². The number of hydrogen-bond donors (Lipinski definition) is 0. The third kappa shape index (κ3) is 5.89. The van der Waals surface area contributed by atoms with Crippen LogP contribution in [0, 0.1) is 6.92 Å². The molecule has 0 aliphatic rings. The molecule has 0 heterocycles. The van der Waals surface area contributed by atoms with E-state index in [1.54, 1.807) is 13.0 Å². The van der Waals surface area contributed by atoms with Gasteiger partial charge in [-0.2, -0.15) is 0 Å². The molecule has 0 amide bonds. The van der Waals surface area contributed by atoms with Crippen molar-refractivity contribution in [3.05, 3.63) is 42.5 Å². The lowest BCUT2D eigenvalue weighted by molar-refractivity contribution is -0.144. The van der Waals surface area contributed by atoms with Crippen LogP contribution >= 0.6 is 0 Å². The van der Waals surface area contributed by atoms with Gasteiger partial charge < -0.3 is 9.47 Å². The molecular weight excluding hydrogens is 254 g/mol. The molecule has 0 aliphatic carbocycles. The third-order valence-electron chi connectivity index (χ3n) is 2.80. The Morgan fingerprint density at radius 3 is 2.80 bits per heavy atom. The normalized spacial score (nSPS) is 10.3. The molecule has 0 aromatic heterocycles. The van der Waals surface area contributed by atoms with Gasteiger partial charge in [0.05, 0.1) is 13.2 Å². The van der Waals surface area contributed by atoms with Gasteiger partial charge in [0.1, 0.15) is 12.4 Å². The average Bonchev–Trinajstić information content (AvgIpc) is 2.41. The maximum Gasteiger partial charge on any atom is 0.320 e. The van der Waals surface area contributed by atoms with Crippen LogP contribution in [0.25, 0.3) is 0 Å². The Balaban J connectivity index is 2.40. The van der Waals surface area contributed by atoms with E-state index < -0.39 is 0 Å². The van der Waals surface area contributed by atoms with E-state index in [1.807, 2.05) is 36.1 Å². The van der Waals surface area contributed by atoms with Gasteiger partial charge in [0.25, 0.3) is 0 Å². The van der Waals surface area contributed by atoms with E-state index in [9.17, 15) is 4.79 Å². The Bertz CT molecular complexity index is 431. The topological polar surface area (TPSA) is 38.8 Å². The average molecular weight is 277 g/mol. The molecule has 0 unspecified atom stereocenters. The van der Waals surface area contributed by atoms with Gasteiger partial charge in [-0.1, -0.05) is 24.3 Å². The molecule has 0 aliphatic heterocycles. The molecule has 4 heteroatoms. The summed E-state index contributed by atoms with van der Waals surface area (Å²) < 4.78 is 10.7. The SMILES string of the molecule is C=CCN(CCOc1ccccc1C)CC(=O)OCC. The quantitative estimate of drug-likeness (QED) is 0.513. The molecule has 0 fully saturated rings. The van der Waals surface area contributed by atoms with Crippen molar-refractivity contribution in [2.75, 3.05) is 32.8 Å². The number of nitrogens with zero attached hydrogens (tertiary/aromatic N) is 1. The molecule has 0 bridgehead atoms. The van der Waals surface area contributed by atoms with Crippen LogP contribution in [0.2, 0.25) is 0 Å². The molecule has 0 saturated heterocycles. The molecule has 0 spiro atoms. The Kier molecular flexibility index (Phi) is 7.43. The van der Waals surface area contributed by atoms with Crippen molar-refractivity contribution in [3.8, 4) is 5.75 Å². The molecule has 1 aromatic carbocycles. The fourth-order valence-electron chi connectivity index (χ4n) is 1.81. The van der Waals surface area contributed by atoms with E-state index in [1.165, 1.54) is 0 Å². The third-order valence-corrected chi connectivity index (χ3v) is 2.80. The van der Waals surface area contributed by atoms with Crippen molar-refractivity contribution in [2.24, 2.45) is 0 Å². The van der Waals surface area contributed by atoms with Crippen molar-refractivity contribution < 1.29 is 14.3 Å². The van der Waals surface area contributed by atoms with Crippen molar-refractivity contribution in [2.45, 2.75) is 13.8 Å². The lowest BCUT2D eigenvalue weighted by Gasteiger charge is -2.20. The Morgan fingerprint density at radius 2 is 2.15 bits per heavy atom. The van der Waals surface area contributed by atoms with Crippen molar-refractivity contribution in [1.29, 1.82) is 0 Å². The Labute approximate surface area is 121 Å². The first kappa shape index (κ1) is 16.2. The van der Waals surface area contributed by atoms with Gasteiger partial charge in [-0.05, 0) is 25.5 Å². The second-order valence-corrected chi connectivity index (χ2v) is 4.44. The van der Waals surface area contributed by atoms with Crippen molar-refractivity contribution in [1.82, 2.24) is 4.90 Å². The second kappa shape index (κ2) is 9.15. The number of rotatable bonds is 9. The first-order valence-electron chi connectivity index (χ1n) is 6.84. The van der Waals surface area contributed by atoms with Gasteiger partial charge in [-0.25, -0.2) is 0 Å². The summed E-state index contributed by atoms with van der Waals surface area (Å²) in [4.78, 5) is 13.4. The second-order valence-electron chi connectivity index (χ2n) is 4.44. The summed E-state index contributed by atoms with van der Waals surface area (Å²) in [6.45, 7) is 9.99. The van der Waals surface area contributed by atoms with Crippen LogP contribution in [-0.2, 0) is 9.53 Å². The van der Waals surface area contributed by atoms with Gasteiger partial charge >= 0.3 is 5.97 Å². The maximum atomic E-state index is 11.5. The molecule has 1 aromatic rings. The number of aryl methyl sites for hydroxylation is 1. The molecule has 4 nitrogen and oxygen atoms in total. The predicted molar refractivity (Wildman–Crippen MR) is 79.9 cm³/mol. The number of hydrogen-bond acceptors (Lipinski definition) is 4. The van der Waals surface area contributed by atoms with Crippen LogP contribution in [0.4, 0.5) is 0 Å². The fourth-order valence-corrected chi connectivity index (χ4v) is 1.81. The highest BCUT2D eigenvalue weighted by molar-refractivity contribution is 5.71. The fraction of sp³-hybridized carbons (Fsp3) is 0.438. The number of esters is 1. The molecular formula is C16H23NO3. The number of carbonyl (C=O) groups excluding carboxylic acids is 1. The molecule has 0 atom stereocenters. The zero-order valence-corrected chi connectivity index (χ0v) is 12.3. The van der Waals surface area contributed by atoms with Crippen LogP contribution in [0.5, 0.6) is 5.75 Å². The van der Waals surface area contributed by atoms with Crippen molar-refractivity contribution >= 4 is 5.97 Å². The molecule has 0 saturated carbocycles. The summed E-state index contributed by atoms with van der Waals surface area (Å²) in [6.07, 6.45) is 1.77. The minimum Gasteiger partial charge on any atom is -0.492 e.